The van der Waals surface area contributed by atoms with Crippen LogP contribution in [0.1, 0.15) is 25.7 Å². The van der Waals surface area contributed by atoms with Crippen LogP contribution in [0.3, 0.4) is 0 Å². The van der Waals surface area contributed by atoms with Crippen LogP contribution >= 0.6 is 46.3 Å². The van der Waals surface area contributed by atoms with E-state index < -0.39 is 0 Å². The van der Waals surface area contributed by atoms with Crippen molar-refractivity contribution < 1.29 is 14.3 Å². The lowest BCUT2D eigenvalue weighted by atomic mass is 10.2. The zero-order chi connectivity index (χ0) is 22.5. The van der Waals surface area contributed by atoms with E-state index >= 15 is 0 Å². The van der Waals surface area contributed by atoms with Gasteiger partial charge in [0.25, 0.3) is 0 Å². The van der Waals surface area contributed by atoms with Crippen molar-refractivity contribution in [1.29, 1.82) is 0 Å². The number of ether oxygens (including phenoxy) is 2. The van der Waals surface area contributed by atoms with Crippen LogP contribution in [0.4, 0.5) is 5.13 Å². The largest absolute Gasteiger partial charge is 0.494 e. The molecule has 0 spiro atoms. The highest BCUT2D eigenvalue weighted by molar-refractivity contribution is 7.99. The second kappa shape index (κ2) is 11.1. The number of hydrogen-bond donors (Lipinski definition) is 0. The molecule has 1 saturated heterocycles. The maximum atomic E-state index is 13.2. The molecule has 2 heterocycles. The highest BCUT2D eigenvalue weighted by Gasteiger charge is 2.27. The number of rotatable bonds is 9. The summed E-state index contributed by atoms with van der Waals surface area (Å²) in [4.78, 5) is 20.9. The van der Waals surface area contributed by atoms with Crippen molar-refractivity contribution in [1.82, 2.24) is 4.98 Å². The molecule has 32 heavy (non-hydrogen) atoms. The third kappa shape index (κ3) is 5.69. The third-order valence-corrected chi connectivity index (χ3v) is 8.12. The number of benzene rings is 2. The van der Waals surface area contributed by atoms with E-state index in [-0.39, 0.29) is 12.0 Å². The van der Waals surface area contributed by atoms with Crippen molar-refractivity contribution in [2.75, 3.05) is 30.9 Å². The van der Waals surface area contributed by atoms with Crippen molar-refractivity contribution in [3.63, 3.8) is 0 Å². The van der Waals surface area contributed by atoms with E-state index in [0.29, 0.717) is 34.4 Å². The minimum absolute atomic E-state index is 0.0340. The Kier molecular flexibility index (Phi) is 8.18. The summed E-state index contributed by atoms with van der Waals surface area (Å²) in [5.74, 6) is 1.54. The zero-order valence-electron chi connectivity index (χ0n) is 17.7. The maximum absolute atomic E-state index is 13.2. The molecular formula is C23H24Cl2N2O3S2. The molecule has 1 aliphatic rings. The molecule has 2 aromatic carbocycles. The van der Waals surface area contributed by atoms with E-state index in [9.17, 15) is 4.79 Å². The number of hydrogen-bond acceptors (Lipinski definition) is 6. The number of amides is 1. The van der Waals surface area contributed by atoms with Gasteiger partial charge in [0.05, 0.1) is 29.5 Å². The van der Waals surface area contributed by atoms with Gasteiger partial charge in [-0.15, -0.1) is 11.8 Å². The van der Waals surface area contributed by atoms with Crippen molar-refractivity contribution in [2.24, 2.45) is 0 Å². The number of halogens is 2. The first-order valence-corrected chi connectivity index (χ1v) is 13.0. The summed E-state index contributed by atoms with van der Waals surface area (Å²) >= 11 is 15.5. The van der Waals surface area contributed by atoms with Gasteiger partial charge in [-0.25, -0.2) is 4.98 Å². The van der Waals surface area contributed by atoms with E-state index in [1.807, 2.05) is 24.3 Å². The van der Waals surface area contributed by atoms with Crippen LogP contribution in [-0.4, -0.2) is 43.0 Å². The zero-order valence-corrected chi connectivity index (χ0v) is 20.8. The number of methoxy groups -OCH3 is 1. The van der Waals surface area contributed by atoms with Crippen LogP contribution in [0.25, 0.3) is 10.2 Å². The Morgan fingerprint density at radius 3 is 2.81 bits per heavy atom. The van der Waals surface area contributed by atoms with Crippen molar-refractivity contribution in [3.05, 3.63) is 46.4 Å². The Balaban J connectivity index is 1.47. The fraction of sp³-hybridized carbons (Fsp3) is 0.391. The molecule has 1 amide bonds. The van der Waals surface area contributed by atoms with E-state index in [0.717, 1.165) is 46.2 Å². The summed E-state index contributed by atoms with van der Waals surface area (Å²) in [6, 6.07) is 11.3. The molecular weight excluding hydrogens is 487 g/mol. The minimum Gasteiger partial charge on any atom is -0.494 e. The van der Waals surface area contributed by atoms with E-state index in [2.05, 4.69) is 0 Å². The molecule has 0 aliphatic carbocycles. The van der Waals surface area contributed by atoms with Crippen molar-refractivity contribution in [2.45, 2.75) is 36.7 Å². The normalized spacial score (nSPS) is 15.9. The first-order valence-electron chi connectivity index (χ1n) is 10.5. The monoisotopic (exact) mass is 510 g/mol. The van der Waals surface area contributed by atoms with Gasteiger partial charge in [0, 0.05) is 22.9 Å². The second-order valence-corrected chi connectivity index (χ2v) is 10.5. The Bertz CT molecular complexity index is 1070. The van der Waals surface area contributed by atoms with Crippen molar-refractivity contribution in [3.8, 4) is 5.75 Å². The predicted molar refractivity (Wildman–Crippen MR) is 134 cm³/mol. The summed E-state index contributed by atoms with van der Waals surface area (Å²) in [6.07, 6.45) is 3.21. The van der Waals surface area contributed by atoms with Gasteiger partial charge in [-0.3, -0.25) is 9.69 Å². The van der Waals surface area contributed by atoms with Gasteiger partial charge in [-0.1, -0.05) is 34.5 Å². The van der Waals surface area contributed by atoms with Crippen molar-refractivity contribution >= 4 is 67.6 Å². The van der Waals surface area contributed by atoms with Crippen LogP contribution in [0.15, 0.2) is 41.3 Å². The number of carbonyl (C=O) groups is 1. The summed E-state index contributed by atoms with van der Waals surface area (Å²) in [6.45, 7) is 1.24. The number of thioether (sulfide) groups is 1. The minimum atomic E-state index is 0.0340. The lowest BCUT2D eigenvalue weighted by Gasteiger charge is -2.23. The summed E-state index contributed by atoms with van der Waals surface area (Å²) in [7, 11) is 1.61. The van der Waals surface area contributed by atoms with Gasteiger partial charge in [-0.2, -0.15) is 0 Å². The first-order chi connectivity index (χ1) is 15.5. The maximum Gasteiger partial charge on any atom is 0.228 e. The smallest absolute Gasteiger partial charge is 0.228 e. The number of fused-ring (bicyclic) bond motifs is 1. The molecule has 9 heteroatoms. The quantitative estimate of drug-likeness (QED) is 0.237. The topological polar surface area (TPSA) is 51.7 Å². The van der Waals surface area contributed by atoms with Gasteiger partial charge in [0.2, 0.25) is 5.91 Å². The molecule has 3 aromatic rings. The fourth-order valence-electron chi connectivity index (χ4n) is 3.58. The Hall–Kier alpha value is -1.51. The summed E-state index contributed by atoms with van der Waals surface area (Å²) in [5.41, 5.74) is 0.684. The number of carbonyl (C=O) groups excluding carboxylic acids is 1. The number of aromatic nitrogens is 1. The van der Waals surface area contributed by atoms with Crippen LogP contribution in [0.5, 0.6) is 5.75 Å². The average molecular weight is 511 g/mol. The van der Waals surface area contributed by atoms with Crippen LogP contribution in [0.2, 0.25) is 10.0 Å². The Morgan fingerprint density at radius 1 is 1.28 bits per heavy atom. The van der Waals surface area contributed by atoms with Gasteiger partial charge < -0.3 is 9.47 Å². The fourth-order valence-corrected chi connectivity index (χ4v) is 5.84. The van der Waals surface area contributed by atoms with Gasteiger partial charge in [0.1, 0.15) is 11.3 Å². The molecule has 4 rings (SSSR count). The van der Waals surface area contributed by atoms with Crippen LogP contribution < -0.4 is 9.64 Å². The average Bonchev–Trinajstić information content (AvgIpc) is 3.47. The van der Waals surface area contributed by atoms with Gasteiger partial charge in [0.15, 0.2) is 5.13 Å². The Labute approximate surface area is 206 Å². The SMILES string of the molecule is COc1ccc(Cl)c2sc(N(CC3CCCO3)C(=O)CCCSc3ccc(Cl)cc3)nc12. The summed E-state index contributed by atoms with van der Waals surface area (Å²) < 4.78 is 12.1. The highest BCUT2D eigenvalue weighted by Crippen LogP contribution is 2.39. The third-order valence-electron chi connectivity index (χ3n) is 5.23. The van der Waals surface area contributed by atoms with E-state index in [1.54, 1.807) is 35.9 Å². The molecule has 1 fully saturated rings. The summed E-state index contributed by atoms with van der Waals surface area (Å²) in [5, 5.41) is 1.97. The molecule has 0 N–H and O–H groups in total. The molecule has 1 atom stereocenters. The lowest BCUT2D eigenvalue weighted by Crippen LogP contribution is -2.37. The lowest BCUT2D eigenvalue weighted by molar-refractivity contribution is -0.119. The second-order valence-electron chi connectivity index (χ2n) is 7.47. The highest BCUT2D eigenvalue weighted by atomic mass is 35.5. The van der Waals surface area contributed by atoms with Crippen LogP contribution in [-0.2, 0) is 9.53 Å². The number of thiazole rings is 1. The Morgan fingerprint density at radius 2 is 2.09 bits per heavy atom. The number of anilines is 1. The predicted octanol–water partition coefficient (Wildman–Crippen LogP) is 6.70. The number of nitrogens with zero attached hydrogens (tertiary/aromatic N) is 2. The van der Waals surface area contributed by atoms with Gasteiger partial charge in [-0.05, 0) is 61.4 Å². The van der Waals surface area contributed by atoms with Gasteiger partial charge >= 0.3 is 0 Å². The van der Waals surface area contributed by atoms with E-state index in [4.69, 9.17) is 37.7 Å². The first kappa shape index (κ1) is 23.6. The molecule has 170 valence electrons. The molecule has 1 aromatic heterocycles. The molecule has 5 nitrogen and oxygen atoms in total. The molecule has 0 radical (unpaired) electrons. The molecule has 1 aliphatic heterocycles. The standard InChI is InChI=1S/C23H24Cl2N2O3S2/c1-29-19-11-10-18(25)22-21(19)26-23(32-22)27(14-16-4-2-12-30-16)20(28)5-3-13-31-17-8-6-15(24)7-9-17/h6-11,16H,2-5,12-14H2,1H3. The molecule has 0 bridgehead atoms. The van der Waals surface area contributed by atoms with E-state index in [1.165, 1.54) is 11.3 Å². The molecule has 0 saturated carbocycles. The molecule has 1 unspecified atom stereocenters. The van der Waals surface area contributed by atoms with Crippen LogP contribution in [0, 0.1) is 0 Å².